The highest BCUT2D eigenvalue weighted by atomic mass is 16.4. The highest BCUT2D eigenvalue weighted by Gasteiger charge is 2.44. The average Bonchev–Trinajstić information content (AvgIpc) is 2.26. The Balaban J connectivity index is 2.87. The first-order valence-corrected chi connectivity index (χ1v) is 3.70. The van der Waals surface area contributed by atoms with Gasteiger partial charge in [-0.3, -0.25) is 14.5 Å². The van der Waals surface area contributed by atoms with Crippen LogP contribution in [0.15, 0.2) is 0 Å². The van der Waals surface area contributed by atoms with Gasteiger partial charge >= 0.3 is 12.1 Å². The molecule has 2 N–H and O–H groups in total. The zero-order chi connectivity index (χ0) is 10.2. The Morgan fingerprint density at radius 1 is 1.46 bits per heavy atom. The number of carboxylic acids is 1. The maximum atomic E-state index is 11.1. The SMILES string of the molecule is CC1C(C(=O)O)C(=O)CN1C(=O)O. The van der Waals surface area contributed by atoms with Crippen LogP contribution in [0.2, 0.25) is 0 Å². The lowest BCUT2D eigenvalue weighted by Gasteiger charge is -2.17. The molecule has 72 valence electrons. The highest BCUT2D eigenvalue weighted by molar-refractivity contribution is 6.03. The molecule has 1 aliphatic heterocycles. The second-order valence-corrected chi connectivity index (χ2v) is 2.93. The molecule has 0 aromatic heterocycles. The number of aliphatic carboxylic acids is 1. The second kappa shape index (κ2) is 3.04. The van der Waals surface area contributed by atoms with Crippen LogP contribution in [0.5, 0.6) is 0 Å². The minimum absolute atomic E-state index is 0.326. The molecule has 1 saturated heterocycles. The van der Waals surface area contributed by atoms with E-state index in [1.54, 1.807) is 0 Å². The molecule has 1 aliphatic rings. The summed E-state index contributed by atoms with van der Waals surface area (Å²) in [5.41, 5.74) is 0. The van der Waals surface area contributed by atoms with E-state index < -0.39 is 29.8 Å². The number of nitrogens with zero attached hydrogens (tertiary/aromatic N) is 1. The van der Waals surface area contributed by atoms with E-state index in [1.165, 1.54) is 6.92 Å². The molecule has 1 amide bonds. The molecule has 0 aliphatic carbocycles. The third-order valence-corrected chi connectivity index (χ3v) is 2.16. The van der Waals surface area contributed by atoms with Crippen molar-refractivity contribution in [3.63, 3.8) is 0 Å². The van der Waals surface area contributed by atoms with Crippen molar-refractivity contribution in [3.05, 3.63) is 0 Å². The van der Waals surface area contributed by atoms with Crippen LogP contribution in [-0.2, 0) is 9.59 Å². The summed E-state index contributed by atoms with van der Waals surface area (Å²) in [7, 11) is 0. The minimum Gasteiger partial charge on any atom is -0.481 e. The monoisotopic (exact) mass is 187 g/mol. The van der Waals surface area contributed by atoms with E-state index in [4.69, 9.17) is 10.2 Å². The van der Waals surface area contributed by atoms with Crippen LogP contribution < -0.4 is 0 Å². The van der Waals surface area contributed by atoms with Crippen molar-refractivity contribution in [3.8, 4) is 0 Å². The summed E-state index contributed by atoms with van der Waals surface area (Å²) < 4.78 is 0. The fourth-order valence-corrected chi connectivity index (χ4v) is 1.45. The van der Waals surface area contributed by atoms with Gasteiger partial charge in [0.15, 0.2) is 5.78 Å². The lowest BCUT2D eigenvalue weighted by molar-refractivity contribution is -0.145. The Morgan fingerprint density at radius 3 is 2.23 bits per heavy atom. The molecule has 1 rings (SSSR count). The van der Waals surface area contributed by atoms with Crippen LogP contribution in [0.1, 0.15) is 6.92 Å². The van der Waals surface area contributed by atoms with Crippen molar-refractivity contribution >= 4 is 17.8 Å². The average molecular weight is 187 g/mol. The third kappa shape index (κ3) is 1.47. The van der Waals surface area contributed by atoms with Crippen molar-refractivity contribution in [1.29, 1.82) is 0 Å². The first kappa shape index (κ1) is 9.50. The van der Waals surface area contributed by atoms with Gasteiger partial charge in [-0.1, -0.05) is 0 Å². The van der Waals surface area contributed by atoms with Gasteiger partial charge in [0.1, 0.15) is 5.92 Å². The standard InChI is InChI=1S/C7H9NO5/c1-3-5(6(10)11)4(9)2-8(3)7(12)13/h3,5H,2H2,1H3,(H,10,11)(H,12,13). The summed E-state index contributed by atoms with van der Waals surface area (Å²) in [6.45, 7) is 1.09. The molecule has 1 fully saturated rings. The Kier molecular flexibility index (Phi) is 2.22. The predicted molar refractivity (Wildman–Crippen MR) is 40.3 cm³/mol. The van der Waals surface area contributed by atoms with Gasteiger partial charge in [-0.25, -0.2) is 4.79 Å². The smallest absolute Gasteiger partial charge is 0.407 e. The number of carbonyl (C=O) groups excluding carboxylic acids is 1. The van der Waals surface area contributed by atoms with Gasteiger partial charge < -0.3 is 10.2 Å². The number of carboxylic acid groups (broad SMARTS) is 2. The molecule has 13 heavy (non-hydrogen) atoms. The molecule has 2 atom stereocenters. The lowest BCUT2D eigenvalue weighted by Crippen LogP contribution is -2.36. The van der Waals surface area contributed by atoms with E-state index in [9.17, 15) is 14.4 Å². The van der Waals surface area contributed by atoms with Gasteiger partial charge in [-0.15, -0.1) is 0 Å². The fourth-order valence-electron chi connectivity index (χ4n) is 1.45. The molecule has 0 saturated carbocycles. The van der Waals surface area contributed by atoms with Gasteiger partial charge in [0.25, 0.3) is 0 Å². The number of Topliss-reactive ketones (excluding diaryl/α,β-unsaturated/α-hetero) is 1. The molecular formula is C7H9NO5. The molecule has 0 bridgehead atoms. The number of hydrogen-bond acceptors (Lipinski definition) is 3. The molecule has 0 aromatic rings. The molecule has 0 aromatic carbocycles. The second-order valence-electron chi connectivity index (χ2n) is 2.93. The van der Waals surface area contributed by atoms with Crippen molar-refractivity contribution in [1.82, 2.24) is 4.90 Å². The number of ketones is 1. The van der Waals surface area contributed by atoms with E-state index in [0.29, 0.717) is 0 Å². The maximum Gasteiger partial charge on any atom is 0.407 e. The van der Waals surface area contributed by atoms with E-state index in [1.807, 2.05) is 0 Å². The maximum absolute atomic E-state index is 11.1. The molecular weight excluding hydrogens is 178 g/mol. The number of hydrogen-bond donors (Lipinski definition) is 2. The van der Waals surface area contributed by atoms with Crippen LogP contribution >= 0.6 is 0 Å². The van der Waals surface area contributed by atoms with Gasteiger partial charge in [-0.05, 0) is 6.92 Å². The largest absolute Gasteiger partial charge is 0.481 e. The van der Waals surface area contributed by atoms with E-state index >= 15 is 0 Å². The van der Waals surface area contributed by atoms with Gasteiger partial charge in [0.2, 0.25) is 0 Å². The summed E-state index contributed by atoms with van der Waals surface area (Å²) in [5, 5.41) is 17.2. The number of carbonyl (C=O) groups is 3. The molecule has 6 heteroatoms. The van der Waals surface area contributed by atoms with Crippen molar-refractivity contribution in [2.24, 2.45) is 5.92 Å². The molecule has 0 spiro atoms. The topological polar surface area (TPSA) is 94.9 Å². The fraction of sp³-hybridized carbons (Fsp3) is 0.571. The van der Waals surface area contributed by atoms with Gasteiger partial charge in [-0.2, -0.15) is 0 Å². The summed E-state index contributed by atoms with van der Waals surface area (Å²) in [4.78, 5) is 32.9. The van der Waals surface area contributed by atoms with E-state index in [2.05, 4.69) is 0 Å². The predicted octanol–water partition coefficient (Wildman–Crippen LogP) is -0.362. The van der Waals surface area contributed by atoms with Crippen LogP contribution in [0.4, 0.5) is 4.79 Å². The van der Waals surface area contributed by atoms with Crippen LogP contribution in [0.25, 0.3) is 0 Å². The van der Waals surface area contributed by atoms with Crippen LogP contribution in [0, 0.1) is 5.92 Å². The first-order chi connectivity index (χ1) is 5.95. The lowest BCUT2D eigenvalue weighted by atomic mass is 10.0. The Hall–Kier alpha value is -1.59. The summed E-state index contributed by atoms with van der Waals surface area (Å²) >= 11 is 0. The summed E-state index contributed by atoms with van der Waals surface area (Å²) in [6, 6.07) is -0.775. The zero-order valence-electron chi connectivity index (χ0n) is 6.93. The third-order valence-electron chi connectivity index (χ3n) is 2.16. The highest BCUT2D eigenvalue weighted by Crippen LogP contribution is 2.21. The molecule has 1 heterocycles. The van der Waals surface area contributed by atoms with Gasteiger partial charge in [0.05, 0.1) is 12.6 Å². The van der Waals surface area contributed by atoms with E-state index in [0.717, 1.165) is 4.90 Å². The zero-order valence-corrected chi connectivity index (χ0v) is 6.93. The van der Waals surface area contributed by atoms with Crippen molar-refractivity contribution in [2.75, 3.05) is 6.54 Å². The molecule has 2 unspecified atom stereocenters. The summed E-state index contributed by atoms with van der Waals surface area (Å²) in [5.74, 6) is -3.03. The Morgan fingerprint density at radius 2 is 2.00 bits per heavy atom. The first-order valence-electron chi connectivity index (χ1n) is 3.70. The van der Waals surface area contributed by atoms with E-state index in [-0.39, 0.29) is 6.54 Å². The Labute approximate surface area is 73.8 Å². The number of amides is 1. The van der Waals surface area contributed by atoms with Crippen LogP contribution in [0.3, 0.4) is 0 Å². The minimum atomic E-state index is -1.26. The quantitative estimate of drug-likeness (QED) is 0.546. The van der Waals surface area contributed by atoms with Crippen molar-refractivity contribution in [2.45, 2.75) is 13.0 Å². The number of rotatable bonds is 1. The molecule has 0 radical (unpaired) electrons. The summed E-state index contributed by atoms with van der Waals surface area (Å²) in [6.07, 6.45) is -1.26. The van der Waals surface area contributed by atoms with Crippen LogP contribution in [-0.4, -0.2) is 45.5 Å². The Bertz CT molecular complexity index is 274. The normalized spacial score (nSPS) is 27.8. The van der Waals surface area contributed by atoms with Gasteiger partial charge in [0, 0.05) is 0 Å². The molecule has 6 nitrogen and oxygen atoms in total. The number of likely N-dealkylation sites (tertiary alicyclic amines) is 1. The van der Waals surface area contributed by atoms with Crippen molar-refractivity contribution < 1.29 is 24.6 Å².